The van der Waals surface area contributed by atoms with E-state index in [1.54, 1.807) is 24.3 Å². The number of halogens is 3. The molecule has 0 aromatic heterocycles. The zero-order chi connectivity index (χ0) is 19.2. The van der Waals surface area contributed by atoms with Crippen molar-refractivity contribution in [2.45, 2.75) is 12.8 Å². The first-order chi connectivity index (χ1) is 12.4. The minimum Gasteiger partial charge on any atom is -0.489 e. The number of hydrogen-bond acceptors (Lipinski definition) is 4. The van der Waals surface area contributed by atoms with Crippen molar-refractivity contribution in [1.82, 2.24) is 0 Å². The Labute approximate surface area is 148 Å². The smallest absolute Gasteiger partial charge is 0.416 e. The Morgan fingerprint density at radius 3 is 2.50 bits per heavy atom. The van der Waals surface area contributed by atoms with Gasteiger partial charge in [0.15, 0.2) is 5.71 Å². The number of nitrogens with two attached hydrogens (primary N) is 1. The molecule has 0 atom stereocenters. The van der Waals surface area contributed by atoms with Crippen molar-refractivity contribution in [3.05, 3.63) is 65.2 Å². The number of ether oxygens (including phenoxy) is 1. The first-order valence-electron chi connectivity index (χ1n) is 7.59. The number of oxime groups is 1. The molecule has 0 aliphatic heterocycles. The van der Waals surface area contributed by atoms with E-state index in [9.17, 15) is 13.2 Å². The fourth-order valence-corrected chi connectivity index (χ4v) is 2.23. The molecule has 138 valence electrons. The molecule has 0 saturated heterocycles. The molecule has 0 unspecified atom stereocenters. The third kappa shape index (κ3) is 4.75. The van der Waals surface area contributed by atoms with Gasteiger partial charge in [0.05, 0.1) is 5.56 Å². The van der Waals surface area contributed by atoms with Crippen LogP contribution in [0.5, 0.6) is 5.75 Å². The van der Waals surface area contributed by atoms with E-state index in [2.05, 4.69) is 10.1 Å². The van der Waals surface area contributed by atoms with E-state index in [1.807, 2.05) is 0 Å². The summed E-state index contributed by atoms with van der Waals surface area (Å²) >= 11 is 0. The molecule has 0 aliphatic rings. The number of amidine groups is 1. The van der Waals surface area contributed by atoms with Gasteiger partial charge in [-0.3, -0.25) is 4.99 Å². The van der Waals surface area contributed by atoms with E-state index in [4.69, 9.17) is 15.3 Å². The van der Waals surface area contributed by atoms with Gasteiger partial charge in [-0.05, 0) is 23.8 Å². The summed E-state index contributed by atoms with van der Waals surface area (Å²) in [4.78, 5) is 8.71. The Bertz CT molecular complexity index is 817. The molecular formula is C18H18F3N3O2. The lowest BCUT2D eigenvalue weighted by atomic mass is 10.0. The highest BCUT2D eigenvalue weighted by Gasteiger charge is 2.30. The lowest BCUT2D eigenvalue weighted by molar-refractivity contribution is -0.137. The van der Waals surface area contributed by atoms with Crippen LogP contribution in [0.15, 0.2) is 58.7 Å². The first-order valence-corrected chi connectivity index (χ1v) is 7.59. The molecule has 2 rings (SSSR count). The third-order valence-electron chi connectivity index (χ3n) is 3.49. The molecule has 0 spiro atoms. The van der Waals surface area contributed by atoms with E-state index in [-0.39, 0.29) is 18.2 Å². The van der Waals surface area contributed by atoms with E-state index >= 15 is 0 Å². The first kappa shape index (κ1) is 19.3. The quantitative estimate of drug-likeness (QED) is 0.483. The standard InChI is InChI=1S/C18H18F3N3O2/c1-23-17(22)16(24-25-2)15-9-4-3-6-12(15)11-26-14-8-5-7-13(10-14)18(19,20)21/h3-10H,11H2,1-2H3,(H2,22,23). The van der Waals surface area contributed by atoms with Crippen molar-refractivity contribution in [2.75, 3.05) is 14.2 Å². The molecule has 0 amide bonds. The summed E-state index contributed by atoms with van der Waals surface area (Å²) in [5.41, 5.74) is 6.69. The Balaban J connectivity index is 2.28. The average molecular weight is 365 g/mol. The maximum Gasteiger partial charge on any atom is 0.416 e. The molecule has 0 heterocycles. The van der Waals surface area contributed by atoms with Crippen LogP contribution in [0.2, 0.25) is 0 Å². The van der Waals surface area contributed by atoms with E-state index in [1.165, 1.54) is 26.3 Å². The minimum atomic E-state index is -4.43. The molecule has 26 heavy (non-hydrogen) atoms. The van der Waals surface area contributed by atoms with Gasteiger partial charge < -0.3 is 15.3 Å². The summed E-state index contributed by atoms with van der Waals surface area (Å²) in [6, 6.07) is 11.8. The molecule has 0 fully saturated rings. The van der Waals surface area contributed by atoms with Crippen molar-refractivity contribution in [1.29, 1.82) is 0 Å². The predicted octanol–water partition coefficient (Wildman–Crippen LogP) is 3.62. The second-order valence-corrected chi connectivity index (χ2v) is 5.20. The van der Waals surface area contributed by atoms with Crippen molar-refractivity contribution in [3.8, 4) is 5.75 Å². The van der Waals surface area contributed by atoms with Gasteiger partial charge in [-0.25, -0.2) is 0 Å². The van der Waals surface area contributed by atoms with Gasteiger partial charge in [0.25, 0.3) is 0 Å². The van der Waals surface area contributed by atoms with Crippen LogP contribution in [0, 0.1) is 0 Å². The Hall–Kier alpha value is -3.03. The second-order valence-electron chi connectivity index (χ2n) is 5.20. The van der Waals surface area contributed by atoms with E-state index < -0.39 is 11.7 Å². The summed E-state index contributed by atoms with van der Waals surface area (Å²) in [6.07, 6.45) is -4.43. The Morgan fingerprint density at radius 1 is 1.12 bits per heavy atom. The zero-order valence-electron chi connectivity index (χ0n) is 14.2. The van der Waals surface area contributed by atoms with Crippen LogP contribution in [-0.4, -0.2) is 25.7 Å². The van der Waals surface area contributed by atoms with Crippen LogP contribution < -0.4 is 10.5 Å². The number of rotatable bonds is 6. The van der Waals surface area contributed by atoms with Crippen molar-refractivity contribution >= 4 is 11.5 Å². The summed E-state index contributed by atoms with van der Waals surface area (Å²) in [6.45, 7) is 0.0250. The number of hydrogen-bond donors (Lipinski definition) is 1. The molecule has 0 saturated carbocycles. The molecule has 0 aliphatic carbocycles. The molecule has 0 bridgehead atoms. The van der Waals surface area contributed by atoms with Crippen LogP contribution in [0.3, 0.4) is 0 Å². The van der Waals surface area contributed by atoms with Crippen molar-refractivity contribution in [2.24, 2.45) is 15.9 Å². The molecule has 2 aromatic rings. The van der Waals surface area contributed by atoms with E-state index in [0.717, 1.165) is 12.1 Å². The topological polar surface area (TPSA) is 69.2 Å². The number of benzene rings is 2. The highest BCUT2D eigenvalue weighted by molar-refractivity contribution is 6.47. The lowest BCUT2D eigenvalue weighted by Crippen LogP contribution is -2.26. The SMILES string of the molecule is CN=C(N)C(=NOC)c1ccccc1COc1cccc(C(F)(F)F)c1. The van der Waals surface area contributed by atoms with Gasteiger partial charge in [-0.2, -0.15) is 13.2 Å². The van der Waals surface area contributed by atoms with Gasteiger partial charge in [-0.1, -0.05) is 35.5 Å². The van der Waals surface area contributed by atoms with Gasteiger partial charge in [0.2, 0.25) is 0 Å². The maximum atomic E-state index is 12.8. The van der Waals surface area contributed by atoms with Crippen LogP contribution in [0.1, 0.15) is 16.7 Å². The predicted molar refractivity (Wildman–Crippen MR) is 93.3 cm³/mol. The Morgan fingerprint density at radius 2 is 1.85 bits per heavy atom. The maximum absolute atomic E-state index is 12.8. The molecule has 2 aromatic carbocycles. The monoisotopic (exact) mass is 365 g/mol. The van der Waals surface area contributed by atoms with Crippen LogP contribution in [-0.2, 0) is 17.6 Å². The van der Waals surface area contributed by atoms with Crippen LogP contribution in [0.4, 0.5) is 13.2 Å². The van der Waals surface area contributed by atoms with Crippen LogP contribution >= 0.6 is 0 Å². The molecule has 2 N–H and O–H groups in total. The fraction of sp³-hybridized carbons (Fsp3) is 0.222. The van der Waals surface area contributed by atoms with E-state index in [0.29, 0.717) is 16.8 Å². The van der Waals surface area contributed by atoms with Gasteiger partial charge in [0.1, 0.15) is 25.3 Å². The normalized spacial score (nSPS) is 12.8. The molecule has 8 heteroatoms. The minimum absolute atomic E-state index is 0.0250. The van der Waals surface area contributed by atoms with Gasteiger partial charge >= 0.3 is 6.18 Å². The summed E-state index contributed by atoms with van der Waals surface area (Å²) in [5.74, 6) is 0.273. The molecule has 0 radical (unpaired) electrons. The number of alkyl halides is 3. The molecular weight excluding hydrogens is 347 g/mol. The van der Waals surface area contributed by atoms with Crippen molar-refractivity contribution in [3.63, 3.8) is 0 Å². The Kier molecular flexibility index (Phi) is 6.21. The van der Waals surface area contributed by atoms with Gasteiger partial charge in [-0.15, -0.1) is 0 Å². The summed E-state index contributed by atoms with van der Waals surface area (Å²) in [7, 11) is 2.90. The fourth-order valence-electron chi connectivity index (χ4n) is 2.23. The number of nitrogens with zero attached hydrogens (tertiary/aromatic N) is 2. The highest BCUT2D eigenvalue weighted by Crippen LogP contribution is 2.31. The second kappa shape index (κ2) is 8.37. The van der Waals surface area contributed by atoms with Gasteiger partial charge in [0, 0.05) is 12.6 Å². The third-order valence-corrected chi connectivity index (χ3v) is 3.49. The average Bonchev–Trinajstić information content (AvgIpc) is 2.64. The zero-order valence-corrected chi connectivity index (χ0v) is 14.2. The largest absolute Gasteiger partial charge is 0.489 e. The van der Waals surface area contributed by atoms with Crippen LogP contribution in [0.25, 0.3) is 0 Å². The molecule has 5 nitrogen and oxygen atoms in total. The summed E-state index contributed by atoms with van der Waals surface area (Å²) < 4.78 is 43.9. The lowest BCUT2D eigenvalue weighted by Gasteiger charge is -2.13. The van der Waals surface area contributed by atoms with Crippen molar-refractivity contribution < 1.29 is 22.7 Å². The number of aliphatic imine (C=N–C) groups is 1. The highest BCUT2D eigenvalue weighted by atomic mass is 19.4. The summed E-state index contributed by atoms with van der Waals surface area (Å²) in [5, 5.41) is 3.88.